The number of nitrogens with zero attached hydrogens (tertiary/aromatic N) is 1. The molecule has 26 heavy (non-hydrogen) atoms. The zero-order valence-corrected chi connectivity index (χ0v) is 14.8. The van der Waals surface area contributed by atoms with Gasteiger partial charge in [-0.1, -0.05) is 12.1 Å². The van der Waals surface area contributed by atoms with Crippen molar-refractivity contribution >= 4 is 29.1 Å². The van der Waals surface area contributed by atoms with Gasteiger partial charge < -0.3 is 25.8 Å². The van der Waals surface area contributed by atoms with E-state index in [-0.39, 0.29) is 11.9 Å². The minimum absolute atomic E-state index is 0.188. The summed E-state index contributed by atoms with van der Waals surface area (Å²) in [6.45, 7) is 3.68. The van der Waals surface area contributed by atoms with Gasteiger partial charge in [0.1, 0.15) is 11.8 Å². The van der Waals surface area contributed by atoms with Crippen LogP contribution in [0.5, 0.6) is 0 Å². The summed E-state index contributed by atoms with van der Waals surface area (Å²) in [6.07, 6.45) is 2.70. The number of aromatic nitrogens is 1. The molecule has 0 saturated heterocycles. The summed E-state index contributed by atoms with van der Waals surface area (Å²) >= 11 is 0. The normalized spacial score (nSPS) is 14.4. The van der Waals surface area contributed by atoms with Crippen LogP contribution in [0.25, 0.3) is 0 Å². The van der Waals surface area contributed by atoms with E-state index in [9.17, 15) is 9.59 Å². The van der Waals surface area contributed by atoms with E-state index in [0.29, 0.717) is 29.7 Å². The highest BCUT2D eigenvalue weighted by Crippen LogP contribution is 2.19. The average molecular weight is 357 g/mol. The third-order valence-corrected chi connectivity index (χ3v) is 4.00. The average Bonchev–Trinajstić information content (AvgIpc) is 3.33. The second-order valence-electron chi connectivity index (χ2n) is 6.37. The molecule has 0 aliphatic heterocycles. The van der Waals surface area contributed by atoms with Crippen LogP contribution in [0, 0.1) is 6.92 Å². The number of rotatable bonds is 7. The van der Waals surface area contributed by atoms with Crippen molar-refractivity contribution in [1.82, 2.24) is 10.5 Å². The first-order valence-electron chi connectivity index (χ1n) is 8.72. The molecule has 1 heterocycles. The van der Waals surface area contributed by atoms with Gasteiger partial charge in [0.25, 0.3) is 0 Å². The summed E-state index contributed by atoms with van der Waals surface area (Å²) in [5.74, 6) is 0.843. The molecule has 1 aliphatic rings. The van der Waals surface area contributed by atoms with Crippen molar-refractivity contribution in [2.24, 2.45) is 0 Å². The topological polar surface area (TPSA) is 108 Å². The summed E-state index contributed by atoms with van der Waals surface area (Å²) in [5.41, 5.74) is 1.49. The summed E-state index contributed by atoms with van der Waals surface area (Å²) in [6, 6.07) is 8.60. The van der Waals surface area contributed by atoms with Crippen LogP contribution in [0.1, 0.15) is 31.9 Å². The predicted octanol–water partition coefficient (Wildman–Crippen LogP) is 3.10. The molecule has 1 aromatic carbocycles. The van der Waals surface area contributed by atoms with E-state index in [4.69, 9.17) is 4.52 Å². The molecule has 138 valence electrons. The minimum Gasteiger partial charge on any atom is -0.374 e. The lowest BCUT2D eigenvalue weighted by molar-refractivity contribution is -0.117. The number of aryl methyl sites for hydroxylation is 1. The highest BCUT2D eigenvalue weighted by atomic mass is 16.5. The Bertz CT molecular complexity index is 767. The van der Waals surface area contributed by atoms with E-state index in [1.54, 1.807) is 25.1 Å². The maximum absolute atomic E-state index is 12.4. The van der Waals surface area contributed by atoms with Gasteiger partial charge in [-0.15, -0.1) is 0 Å². The number of urea groups is 1. The number of hydrogen-bond acceptors (Lipinski definition) is 5. The number of benzene rings is 1. The van der Waals surface area contributed by atoms with E-state index in [0.717, 1.165) is 18.5 Å². The zero-order chi connectivity index (χ0) is 18.5. The lowest BCUT2D eigenvalue weighted by Gasteiger charge is -2.17. The van der Waals surface area contributed by atoms with Gasteiger partial charge in [-0.2, -0.15) is 0 Å². The minimum atomic E-state index is -0.413. The van der Waals surface area contributed by atoms with Crippen LogP contribution in [0.2, 0.25) is 0 Å². The summed E-state index contributed by atoms with van der Waals surface area (Å²) < 4.78 is 4.94. The second-order valence-corrected chi connectivity index (χ2v) is 6.37. The van der Waals surface area contributed by atoms with Crippen molar-refractivity contribution < 1.29 is 14.1 Å². The summed E-state index contributed by atoms with van der Waals surface area (Å²) in [7, 11) is 0. The SMILES string of the molecule is CCC(Nc1ccc(NC(=O)NC2CC2)cc1)C(=O)Nc1cc(C)on1. The Hall–Kier alpha value is -3.03. The molecule has 0 spiro atoms. The molecule has 1 saturated carbocycles. The predicted molar refractivity (Wildman–Crippen MR) is 99.2 cm³/mol. The van der Waals surface area contributed by atoms with Crippen molar-refractivity contribution in [3.63, 3.8) is 0 Å². The van der Waals surface area contributed by atoms with Crippen LogP contribution in [0.4, 0.5) is 22.0 Å². The molecular formula is C18H23N5O3. The molecule has 2 aromatic rings. The molecule has 1 aliphatic carbocycles. The lowest BCUT2D eigenvalue weighted by Crippen LogP contribution is -2.34. The van der Waals surface area contributed by atoms with Gasteiger partial charge in [-0.3, -0.25) is 4.79 Å². The molecule has 8 heteroatoms. The monoisotopic (exact) mass is 357 g/mol. The first kappa shape index (κ1) is 17.8. The van der Waals surface area contributed by atoms with Crippen molar-refractivity contribution in [3.05, 3.63) is 36.1 Å². The molecule has 1 unspecified atom stereocenters. The van der Waals surface area contributed by atoms with Gasteiger partial charge >= 0.3 is 6.03 Å². The van der Waals surface area contributed by atoms with Crippen molar-refractivity contribution in [3.8, 4) is 0 Å². The van der Waals surface area contributed by atoms with Crippen LogP contribution >= 0.6 is 0 Å². The second kappa shape index (κ2) is 7.90. The Kier molecular flexibility index (Phi) is 5.40. The van der Waals surface area contributed by atoms with E-state index in [1.165, 1.54) is 0 Å². The van der Waals surface area contributed by atoms with Crippen molar-refractivity contribution in [2.75, 3.05) is 16.0 Å². The molecule has 0 radical (unpaired) electrons. The molecule has 3 amide bonds. The van der Waals surface area contributed by atoms with Crippen molar-refractivity contribution in [1.29, 1.82) is 0 Å². The summed E-state index contributed by atoms with van der Waals surface area (Å²) in [4.78, 5) is 24.1. The van der Waals surface area contributed by atoms with E-state index in [2.05, 4.69) is 26.4 Å². The van der Waals surface area contributed by atoms with Gasteiger partial charge in [0.15, 0.2) is 5.82 Å². The molecule has 3 rings (SSSR count). The standard InChI is InChI=1S/C18H23N5O3/c1-3-15(17(24)22-16-10-11(2)26-23-16)19-12-4-6-13(7-5-12)20-18(25)21-14-8-9-14/h4-7,10,14-15,19H,3,8-9H2,1-2H3,(H2,20,21,25)(H,22,23,24). The number of anilines is 3. The quantitative estimate of drug-likeness (QED) is 0.609. The maximum atomic E-state index is 12.4. The number of hydrogen-bond donors (Lipinski definition) is 4. The fourth-order valence-corrected chi connectivity index (χ4v) is 2.42. The Labute approximate surface area is 151 Å². The lowest BCUT2D eigenvalue weighted by atomic mass is 10.2. The Balaban J connectivity index is 1.53. The molecule has 1 aromatic heterocycles. The van der Waals surface area contributed by atoms with E-state index < -0.39 is 6.04 Å². The summed E-state index contributed by atoms with van der Waals surface area (Å²) in [5, 5.41) is 15.3. The molecular weight excluding hydrogens is 334 g/mol. The highest BCUT2D eigenvalue weighted by molar-refractivity contribution is 5.96. The third kappa shape index (κ3) is 4.98. The molecule has 4 N–H and O–H groups in total. The Morgan fingerprint density at radius 2 is 1.88 bits per heavy atom. The number of carbonyl (C=O) groups is 2. The number of carbonyl (C=O) groups excluding carboxylic acids is 2. The molecule has 1 fully saturated rings. The van der Waals surface area contributed by atoms with Gasteiger partial charge in [0.2, 0.25) is 5.91 Å². The van der Waals surface area contributed by atoms with Crippen LogP contribution in [-0.4, -0.2) is 29.2 Å². The van der Waals surface area contributed by atoms with Crippen molar-refractivity contribution in [2.45, 2.75) is 45.2 Å². The van der Waals surface area contributed by atoms with Gasteiger partial charge in [0, 0.05) is 23.5 Å². The number of amides is 3. The molecule has 0 bridgehead atoms. The molecule has 8 nitrogen and oxygen atoms in total. The van der Waals surface area contributed by atoms with Gasteiger partial charge in [0.05, 0.1) is 0 Å². The zero-order valence-electron chi connectivity index (χ0n) is 14.8. The maximum Gasteiger partial charge on any atom is 0.319 e. The Morgan fingerprint density at radius 3 is 2.46 bits per heavy atom. The van der Waals surface area contributed by atoms with Gasteiger partial charge in [-0.25, -0.2) is 4.79 Å². The first-order chi connectivity index (χ1) is 12.5. The van der Waals surface area contributed by atoms with E-state index in [1.807, 2.05) is 19.1 Å². The fourth-order valence-electron chi connectivity index (χ4n) is 2.42. The fraction of sp³-hybridized carbons (Fsp3) is 0.389. The molecule has 1 atom stereocenters. The largest absolute Gasteiger partial charge is 0.374 e. The third-order valence-electron chi connectivity index (χ3n) is 4.00. The van der Waals surface area contributed by atoms with E-state index >= 15 is 0 Å². The highest BCUT2D eigenvalue weighted by Gasteiger charge is 2.23. The Morgan fingerprint density at radius 1 is 1.19 bits per heavy atom. The van der Waals surface area contributed by atoms with Crippen LogP contribution < -0.4 is 21.3 Å². The smallest absolute Gasteiger partial charge is 0.319 e. The number of nitrogens with one attached hydrogen (secondary N) is 4. The van der Waals surface area contributed by atoms with Gasteiger partial charge in [-0.05, 0) is 50.5 Å². The van der Waals surface area contributed by atoms with Crippen LogP contribution in [0.15, 0.2) is 34.9 Å². The van der Waals surface area contributed by atoms with Crippen LogP contribution in [0.3, 0.4) is 0 Å². The van der Waals surface area contributed by atoms with Crippen LogP contribution in [-0.2, 0) is 4.79 Å². The first-order valence-corrected chi connectivity index (χ1v) is 8.72.